The monoisotopic (exact) mass is 188 g/mol. The molecule has 14 heavy (non-hydrogen) atoms. The Bertz CT molecular complexity index is 328. The Morgan fingerprint density at radius 1 is 1.00 bits per heavy atom. The Balaban J connectivity index is 2.43. The SMILES string of the molecule is CC1=CC=C(C)C2C(C)CC=C(C)C12. The van der Waals surface area contributed by atoms with Gasteiger partial charge in [0.05, 0.1) is 0 Å². The molecular weight excluding hydrogens is 168 g/mol. The summed E-state index contributed by atoms with van der Waals surface area (Å²) in [6.07, 6.45) is 8.30. The van der Waals surface area contributed by atoms with Gasteiger partial charge >= 0.3 is 0 Å². The number of allylic oxidation sites excluding steroid dienone is 6. The van der Waals surface area contributed by atoms with Gasteiger partial charge in [0.15, 0.2) is 0 Å². The van der Waals surface area contributed by atoms with Crippen LogP contribution in [0, 0.1) is 17.8 Å². The predicted octanol–water partition coefficient (Wildman–Crippen LogP) is 4.11. The summed E-state index contributed by atoms with van der Waals surface area (Å²) < 4.78 is 0. The smallest absolute Gasteiger partial charge is 0.00727 e. The highest BCUT2D eigenvalue weighted by molar-refractivity contribution is 5.35. The fraction of sp³-hybridized carbons (Fsp3) is 0.571. The van der Waals surface area contributed by atoms with E-state index in [2.05, 4.69) is 45.9 Å². The molecule has 0 bridgehead atoms. The molecule has 0 N–H and O–H groups in total. The molecule has 0 aliphatic heterocycles. The van der Waals surface area contributed by atoms with Crippen molar-refractivity contribution >= 4 is 0 Å². The van der Waals surface area contributed by atoms with Crippen LogP contribution in [0.15, 0.2) is 34.9 Å². The van der Waals surface area contributed by atoms with Gasteiger partial charge in [-0.25, -0.2) is 0 Å². The third-order valence-corrected chi connectivity index (χ3v) is 3.90. The second kappa shape index (κ2) is 3.42. The third kappa shape index (κ3) is 1.37. The highest BCUT2D eigenvalue weighted by Crippen LogP contribution is 2.44. The molecule has 0 heteroatoms. The predicted molar refractivity (Wildman–Crippen MR) is 62.0 cm³/mol. The van der Waals surface area contributed by atoms with Gasteiger partial charge in [-0.1, -0.05) is 41.9 Å². The molecule has 0 fully saturated rings. The zero-order valence-electron chi connectivity index (χ0n) is 9.67. The summed E-state index contributed by atoms with van der Waals surface area (Å²) in [6.45, 7) is 9.24. The van der Waals surface area contributed by atoms with Crippen molar-refractivity contribution < 1.29 is 0 Å². The fourth-order valence-electron chi connectivity index (χ4n) is 3.09. The van der Waals surface area contributed by atoms with Crippen LogP contribution in [0.4, 0.5) is 0 Å². The number of rotatable bonds is 0. The van der Waals surface area contributed by atoms with E-state index in [0.717, 1.165) is 11.8 Å². The van der Waals surface area contributed by atoms with E-state index in [4.69, 9.17) is 0 Å². The Hall–Kier alpha value is -0.780. The van der Waals surface area contributed by atoms with Crippen molar-refractivity contribution in [3.63, 3.8) is 0 Å². The van der Waals surface area contributed by atoms with Crippen LogP contribution in [-0.4, -0.2) is 0 Å². The highest BCUT2D eigenvalue weighted by Gasteiger charge is 2.34. The van der Waals surface area contributed by atoms with E-state index in [1.165, 1.54) is 6.42 Å². The Labute approximate surface area is 87.4 Å². The van der Waals surface area contributed by atoms with Crippen molar-refractivity contribution in [2.24, 2.45) is 17.8 Å². The molecule has 0 saturated heterocycles. The maximum Gasteiger partial charge on any atom is 0.00727 e. The lowest BCUT2D eigenvalue weighted by atomic mass is 9.65. The molecule has 3 atom stereocenters. The maximum atomic E-state index is 2.43. The second-order valence-electron chi connectivity index (χ2n) is 4.99. The van der Waals surface area contributed by atoms with Crippen LogP contribution >= 0.6 is 0 Å². The summed E-state index contributed by atoms with van der Waals surface area (Å²) >= 11 is 0. The zero-order chi connectivity index (χ0) is 10.3. The molecule has 2 aliphatic rings. The minimum Gasteiger partial charge on any atom is -0.0847 e. The summed E-state index contributed by atoms with van der Waals surface area (Å²) in [5, 5.41) is 0. The molecular formula is C14H20. The van der Waals surface area contributed by atoms with Gasteiger partial charge in [-0.05, 0) is 39.0 Å². The van der Waals surface area contributed by atoms with Crippen LogP contribution < -0.4 is 0 Å². The van der Waals surface area contributed by atoms with Gasteiger partial charge in [0, 0.05) is 5.92 Å². The summed E-state index contributed by atoms with van der Waals surface area (Å²) in [7, 11) is 0. The van der Waals surface area contributed by atoms with Gasteiger partial charge in [-0.2, -0.15) is 0 Å². The van der Waals surface area contributed by atoms with E-state index in [-0.39, 0.29) is 0 Å². The van der Waals surface area contributed by atoms with Crippen LogP contribution in [0.3, 0.4) is 0 Å². The standard InChI is InChI=1S/C14H20/c1-9-5-6-11(3)14-12(4)8-7-10(2)13(9)14/h5-7,12-14H,8H2,1-4H3. The van der Waals surface area contributed by atoms with Crippen LogP contribution in [-0.2, 0) is 0 Å². The summed E-state index contributed by atoms with van der Waals surface area (Å²) in [5.74, 6) is 2.28. The molecule has 76 valence electrons. The van der Waals surface area contributed by atoms with E-state index in [0.29, 0.717) is 5.92 Å². The van der Waals surface area contributed by atoms with Gasteiger partial charge in [-0.15, -0.1) is 0 Å². The molecule has 0 heterocycles. The van der Waals surface area contributed by atoms with E-state index in [9.17, 15) is 0 Å². The molecule has 0 radical (unpaired) electrons. The lowest BCUT2D eigenvalue weighted by Gasteiger charge is -2.39. The molecule has 2 rings (SSSR count). The van der Waals surface area contributed by atoms with Crippen LogP contribution in [0.1, 0.15) is 34.1 Å². The minimum absolute atomic E-state index is 0.698. The van der Waals surface area contributed by atoms with Crippen LogP contribution in [0.5, 0.6) is 0 Å². The average Bonchev–Trinajstić information content (AvgIpc) is 2.16. The average molecular weight is 188 g/mol. The fourth-order valence-corrected chi connectivity index (χ4v) is 3.09. The van der Waals surface area contributed by atoms with Gasteiger partial charge in [0.1, 0.15) is 0 Å². The number of fused-ring (bicyclic) bond motifs is 1. The molecule has 0 spiro atoms. The third-order valence-electron chi connectivity index (χ3n) is 3.90. The van der Waals surface area contributed by atoms with Gasteiger partial charge < -0.3 is 0 Å². The molecule has 3 unspecified atom stereocenters. The van der Waals surface area contributed by atoms with Gasteiger partial charge in [0.25, 0.3) is 0 Å². The van der Waals surface area contributed by atoms with Crippen molar-refractivity contribution in [3.05, 3.63) is 34.9 Å². The topological polar surface area (TPSA) is 0 Å². The number of hydrogen-bond acceptors (Lipinski definition) is 0. The summed E-state index contributed by atoms with van der Waals surface area (Å²) in [4.78, 5) is 0. The normalized spacial score (nSPS) is 36.9. The lowest BCUT2D eigenvalue weighted by molar-refractivity contribution is 0.320. The maximum absolute atomic E-state index is 2.43. The van der Waals surface area contributed by atoms with E-state index < -0.39 is 0 Å². The van der Waals surface area contributed by atoms with E-state index >= 15 is 0 Å². The number of hydrogen-bond donors (Lipinski definition) is 0. The minimum atomic E-state index is 0.698. The largest absolute Gasteiger partial charge is 0.0847 e. The van der Waals surface area contributed by atoms with E-state index in [1.54, 1.807) is 16.7 Å². The Morgan fingerprint density at radius 2 is 1.64 bits per heavy atom. The van der Waals surface area contributed by atoms with Crippen molar-refractivity contribution in [2.75, 3.05) is 0 Å². The van der Waals surface area contributed by atoms with Crippen LogP contribution in [0.25, 0.3) is 0 Å². The van der Waals surface area contributed by atoms with Crippen molar-refractivity contribution in [2.45, 2.75) is 34.1 Å². The molecule has 0 nitrogen and oxygen atoms in total. The summed E-state index contributed by atoms with van der Waals surface area (Å²) in [6, 6.07) is 0. The Kier molecular flexibility index (Phi) is 2.38. The molecule has 2 aliphatic carbocycles. The van der Waals surface area contributed by atoms with Crippen LogP contribution in [0.2, 0.25) is 0 Å². The van der Waals surface area contributed by atoms with Crippen molar-refractivity contribution in [3.8, 4) is 0 Å². The van der Waals surface area contributed by atoms with E-state index in [1.807, 2.05) is 0 Å². The molecule has 0 aromatic heterocycles. The Morgan fingerprint density at radius 3 is 2.29 bits per heavy atom. The van der Waals surface area contributed by atoms with Crippen molar-refractivity contribution in [1.29, 1.82) is 0 Å². The first-order valence-electron chi connectivity index (χ1n) is 5.63. The van der Waals surface area contributed by atoms with Gasteiger partial charge in [0.2, 0.25) is 0 Å². The quantitative estimate of drug-likeness (QED) is 0.502. The lowest BCUT2D eigenvalue weighted by Crippen LogP contribution is -2.29. The second-order valence-corrected chi connectivity index (χ2v) is 4.99. The molecule has 0 aromatic rings. The first-order chi connectivity index (χ1) is 6.61. The summed E-state index contributed by atoms with van der Waals surface area (Å²) in [5.41, 5.74) is 4.69. The zero-order valence-corrected chi connectivity index (χ0v) is 9.67. The highest BCUT2D eigenvalue weighted by atomic mass is 14.4. The first-order valence-corrected chi connectivity index (χ1v) is 5.63. The van der Waals surface area contributed by atoms with Gasteiger partial charge in [-0.3, -0.25) is 0 Å². The van der Waals surface area contributed by atoms with Crippen molar-refractivity contribution in [1.82, 2.24) is 0 Å². The molecule has 0 aromatic carbocycles. The first kappa shape index (κ1) is 9.76. The molecule has 0 saturated carbocycles. The molecule has 0 amide bonds.